The van der Waals surface area contributed by atoms with Crippen LogP contribution in [0.5, 0.6) is 0 Å². The Morgan fingerprint density at radius 1 is 1.04 bits per heavy atom. The molecule has 5 heteroatoms. The van der Waals surface area contributed by atoms with Gasteiger partial charge in [0, 0.05) is 24.3 Å². The molecule has 0 spiro atoms. The van der Waals surface area contributed by atoms with Crippen molar-refractivity contribution in [3.05, 3.63) is 65.2 Å². The smallest absolute Gasteiger partial charge is 0.251 e. The fourth-order valence-electron chi connectivity index (χ4n) is 3.84. The average Bonchev–Trinajstić information content (AvgIpc) is 3.55. The zero-order chi connectivity index (χ0) is 19.5. The highest BCUT2D eigenvalue weighted by Gasteiger charge is 2.26. The van der Waals surface area contributed by atoms with Crippen LogP contribution in [-0.2, 0) is 11.2 Å². The normalized spacial score (nSPS) is 18.1. The third-order valence-electron chi connectivity index (χ3n) is 5.70. The SMILES string of the molecule is CN(C(=O)CNc1ccc(C(=O)NC2CC2)cc1)C1CCCc2ccccc21. The molecule has 146 valence electrons. The minimum Gasteiger partial charge on any atom is -0.376 e. The maximum Gasteiger partial charge on any atom is 0.251 e. The topological polar surface area (TPSA) is 61.4 Å². The number of aryl methyl sites for hydroxylation is 1. The van der Waals surface area contributed by atoms with E-state index in [1.807, 2.05) is 24.1 Å². The molecule has 1 unspecified atom stereocenters. The third kappa shape index (κ3) is 4.19. The number of amides is 2. The zero-order valence-corrected chi connectivity index (χ0v) is 16.3. The monoisotopic (exact) mass is 377 g/mol. The number of benzene rings is 2. The number of anilines is 1. The van der Waals surface area contributed by atoms with Crippen LogP contribution >= 0.6 is 0 Å². The number of hydrogen-bond donors (Lipinski definition) is 2. The van der Waals surface area contributed by atoms with Crippen LogP contribution in [0.3, 0.4) is 0 Å². The molecule has 5 nitrogen and oxygen atoms in total. The van der Waals surface area contributed by atoms with Crippen molar-refractivity contribution >= 4 is 17.5 Å². The van der Waals surface area contributed by atoms with Crippen molar-refractivity contribution < 1.29 is 9.59 Å². The van der Waals surface area contributed by atoms with Crippen LogP contribution in [0, 0.1) is 0 Å². The van der Waals surface area contributed by atoms with Gasteiger partial charge in [-0.1, -0.05) is 24.3 Å². The molecule has 0 aliphatic heterocycles. The van der Waals surface area contributed by atoms with Crippen molar-refractivity contribution in [1.82, 2.24) is 10.2 Å². The van der Waals surface area contributed by atoms with Crippen molar-refractivity contribution in [2.24, 2.45) is 0 Å². The molecule has 2 aliphatic carbocycles. The van der Waals surface area contributed by atoms with E-state index in [0.29, 0.717) is 11.6 Å². The Bertz CT molecular complexity index is 858. The summed E-state index contributed by atoms with van der Waals surface area (Å²) in [6.07, 6.45) is 5.35. The van der Waals surface area contributed by atoms with Crippen molar-refractivity contribution in [2.45, 2.75) is 44.2 Å². The summed E-state index contributed by atoms with van der Waals surface area (Å²) in [6.45, 7) is 0.239. The maximum absolute atomic E-state index is 12.7. The minimum atomic E-state index is -0.0270. The van der Waals surface area contributed by atoms with Gasteiger partial charge < -0.3 is 15.5 Å². The van der Waals surface area contributed by atoms with E-state index in [1.165, 1.54) is 11.1 Å². The van der Waals surface area contributed by atoms with E-state index in [4.69, 9.17) is 0 Å². The van der Waals surface area contributed by atoms with Gasteiger partial charge in [0.1, 0.15) is 0 Å². The van der Waals surface area contributed by atoms with E-state index in [1.54, 1.807) is 12.1 Å². The van der Waals surface area contributed by atoms with Gasteiger partial charge in [0.15, 0.2) is 0 Å². The molecule has 1 fully saturated rings. The molecule has 0 aromatic heterocycles. The molecular weight excluding hydrogens is 350 g/mol. The Balaban J connectivity index is 1.33. The number of fused-ring (bicyclic) bond motifs is 1. The van der Waals surface area contributed by atoms with Crippen LogP contribution in [0.25, 0.3) is 0 Å². The Morgan fingerprint density at radius 3 is 2.54 bits per heavy atom. The van der Waals surface area contributed by atoms with Gasteiger partial charge in [0.2, 0.25) is 5.91 Å². The van der Waals surface area contributed by atoms with Gasteiger partial charge in [0.25, 0.3) is 5.91 Å². The van der Waals surface area contributed by atoms with Gasteiger partial charge in [-0.25, -0.2) is 0 Å². The highest BCUT2D eigenvalue weighted by atomic mass is 16.2. The van der Waals surface area contributed by atoms with Crippen LogP contribution in [0.15, 0.2) is 48.5 Å². The maximum atomic E-state index is 12.7. The largest absolute Gasteiger partial charge is 0.376 e. The van der Waals surface area contributed by atoms with Crippen LogP contribution in [0.2, 0.25) is 0 Å². The van der Waals surface area contributed by atoms with E-state index < -0.39 is 0 Å². The highest BCUT2D eigenvalue weighted by Crippen LogP contribution is 2.33. The lowest BCUT2D eigenvalue weighted by molar-refractivity contribution is -0.130. The summed E-state index contributed by atoms with van der Waals surface area (Å²) in [5, 5.41) is 6.16. The molecule has 0 radical (unpaired) electrons. The van der Waals surface area contributed by atoms with Crippen LogP contribution in [-0.4, -0.2) is 36.3 Å². The van der Waals surface area contributed by atoms with Crippen molar-refractivity contribution in [2.75, 3.05) is 18.9 Å². The van der Waals surface area contributed by atoms with E-state index >= 15 is 0 Å². The molecular formula is C23H27N3O2. The number of carbonyl (C=O) groups is 2. The van der Waals surface area contributed by atoms with Gasteiger partial charge in [0.05, 0.1) is 12.6 Å². The third-order valence-corrected chi connectivity index (χ3v) is 5.70. The number of hydrogen-bond acceptors (Lipinski definition) is 3. The highest BCUT2D eigenvalue weighted by molar-refractivity contribution is 5.95. The lowest BCUT2D eigenvalue weighted by atomic mass is 9.87. The van der Waals surface area contributed by atoms with Crippen LogP contribution in [0.4, 0.5) is 5.69 Å². The Kier molecular flexibility index (Phi) is 5.33. The van der Waals surface area contributed by atoms with Gasteiger partial charge >= 0.3 is 0 Å². The number of carbonyl (C=O) groups excluding carboxylic acids is 2. The lowest BCUT2D eigenvalue weighted by Gasteiger charge is -2.33. The first-order chi connectivity index (χ1) is 13.6. The van der Waals surface area contributed by atoms with Gasteiger partial charge in [-0.05, 0) is 67.5 Å². The van der Waals surface area contributed by atoms with Crippen LogP contribution in [0.1, 0.15) is 53.2 Å². The molecule has 0 saturated heterocycles. The molecule has 2 aromatic carbocycles. The standard InChI is InChI=1S/C23H27N3O2/c1-26(21-8-4-6-16-5-2-3-7-20(16)21)22(27)15-24-18-11-9-17(10-12-18)23(28)25-19-13-14-19/h2-3,5,7,9-12,19,21,24H,4,6,8,13-15H2,1H3,(H,25,28). The molecule has 1 saturated carbocycles. The molecule has 4 rings (SSSR count). The second-order valence-corrected chi connectivity index (χ2v) is 7.79. The average molecular weight is 377 g/mol. The Morgan fingerprint density at radius 2 is 1.79 bits per heavy atom. The Labute approximate surface area is 166 Å². The summed E-state index contributed by atoms with van der Waals surface area (Å²) in [5.41, 5.74) is 4.12. The summed E-state index contributed by atoms with van der Waals surface area (Å²) in [5.74, 6) is 0.0399. The number of nitrogens with one attached hydrogen (secondary N) is 2. The Hall–Kier alpha value is -2.82. The molecule has 28 heavy (non-hydrogen) atoms. The molecule has 2 aliphatic rings. The number of nitrogens with zero attached hydrogens (tertiary/aromatic N) is 1. The first-order valence-electron chi connectivity index (χ1n) is 10.1. The quantitative estimate of drug-likeness (QED) is 0.810. The van der Waals surface area contributed by atoms with Crippen LogP contribution < -0.4 is 10.6 Å². The van der Waals surface area contributed by atoms with Crippen molar-refractivity contribution in [3.63, 3.8) is 0 Å². The second-order valence-electron chi connectivity index (χ2n) is 7.79. The van der Waals surface area contributed by atoms with Gasteiger partial charge in [-0.15, -0.1) is 0 Å². The fourth-order valence-corrected chi connectivity index (χ4v) is 3.84. The van der Waals surface area contributed by atoms with E-state index in [0.717, 1.165) is 37.8 Å². The lowest BCUT2D eigenvalue weighted by Crippen LogP contribution is -2.37. The van der Waals surface area contributed by atoms with E-state index in [2.05, 4.69) is 34.9 Å². The molecule has 2 amide bonds. The predicted octanol–water partition coefficient (Wildman–Crippen LogP) is 3.53. The van der Waals surface area contributed by atoms with E-state index in [-0.39, 0.29) is 24.4 Å². The summed E-state index contributed by atoms with van der Waals surface area (Å²) < 4.78 is 0. The van der Waals surface area contributed by atoms with Crippen molar-refractivity contribution in [3.8, 4) is 0 Å². The van der Waals surface area contributed by atoms with Gasteiger partial charge in [-0.2, -0.15) is 0 Å². The predicted molar refractivity (Wildman–Crippen MR) is 110 cm³/mol. The molecule has 0 bridgehead atoms. The van der Waals surface area contributed by atoms with Crippen molar-refractivity contribution in [1.29, 1.82) is 0 Å². The zero-order valence-electron chi connectivity index (χ0n) is 16.3. The fraction of sp³-hybridized carbons (Fsp3) is 0.391. The minimum absolute atomic E-state index is 0.0270. The molecule has 1 atom stereocenters. The summed E-state index contributed by atoms with van der Waals surface area (Å²) in [7, 11) is 1.89. The molecule has 2 aromatic rings. The number of likely N-dealkylation sites (N-methyl/N-ethyl adjacent to an activating group) is 1. The first kappa shape index (κ1) is 18.5. The summed E-state index contributed by atoms with van der Waals surface area (Å²) in [6, 6.07) is 16.2. The van der Waals surface area contributed by atoms with Gasteiger partial charge in [-0.3, -0.25) is 9.59 Å². The summed E-state index contributed by atoms with van der Waals surface area (Å²) >= 11 is 0. The first-order valence-corrected chi connectivity index (χ1v) is 10.1. The summed E-state index contributed by atoms with van der Waals surface area (Å²) in [4.78, 5) is 26.6. The second kappa shape index (κ2) is 8.05. The molecule has 2 N–H and O–H groups in total. The van der Waals surface area contributed by atoms with E-state index in [9.17, 15) is 9.59 Å². The number of rotatable bonds is 6. The molecule has 0 heterocycles.